The minimum Gasteiger partial charge on any atom is -0.328 e. The van der Waals surface area contributed by atoms with Crippen molar-refractivity contribution in [2.24, 2.45) is 5.73 Å². The van der Waals surface area contributed by atoms with Gasteiger partial charge in [-0.15, -0.1) is 0 Å². The Morgan fingerprint density at radius 1 is 1.44 bits per heavy atom. The summed E-state index contributed by atoms with van der Waals surface area (Å²) in [5, 5.41) is 0. The summed E-state index contributed by atoms with van der Waals surface area (Å²) < 4.78 is 0. The van der Waals surface area contributed by atoms with Crippen LogP contribution in [0.25, 0.3) is 0 Å². The summed E-state index contributed by atoms with van der Waals surface area (Å²) in [7, 11) is 2.13. The molecule has 0 aliphatic carbocycles. The topological polar surface area (TPSA) is 42.1 Å². The third kappa shape index (κ3) is 5.24. The second-order valence-electron chi connectivity index (χ2n) is 4.63. The summed E-state index contributed by atoms with van der Waals surface area (Å²) >= 11 is 0. The number of pyridine rings is 1. The molecule has 3 nitrogen and oxygen atoms in total. The first-order valence-corrected chi connectivity index (χ1v) is 5.94. The Morgan fingerprint density at radius 3 is 2.81 bits per heavy atom. The largest absolute Gasteiger partial charge is 0.328 e. The number of nitrogens with zero attached hydrogens (tertiary/aromatic N) is 2. The SMILES string of the molecule is Cc1cccc(CN(C)CCCC(C)N)n1. The van der Waals surface area contributed by atoms with Gasteiger partial charge in [0, 0.05) is 18.3 Å². The predicted molar refractivity (Wildman–Crippen MR) is 68.2 cm³/mol. The maximum absolute atomic E-state index is 5.72. The van der Waals surface area contributed by atoms with Crippen LogP contribution in [-0.4, -0.2) is 29.5 Å². The molecule has 1 atom stereocenters. The van der Waals surface area contributed by atoms with Gasteiger partial charge in [0.2, 0.25) is 0 Å². The highest BCUT2D eigenvalue weighted by Crippen LogP contribution is 2.03. The molecule has 2 N–H and O–H groups in total. The average molecular weight is 221 g/mol. The quantitative estimate of drug-likeness (QED) is 0.798. The molecule has 90 valence electrons. The Morgan fingerprint density at radius 2 is 2.19 bits per heavy atom. The molecule has 0 aliphatic heterocycles. The summed E-state index contributed by atoms with van der Waals surface area (Å²) in [4.78, 5) is 6.79. The molecule has 0 saturated carbocycles. The first kappa shape index (κ1) is 13.1. The van der Waals surface area contributed by atoms with Crippen LogP contribution in [0.3, 0.4) is 0 Å². The number of hydrogen-bond donors (Lipinski definition) is 1. The molecule has 1 aromatic rings. The molecule has 0 aromatic carbocycles. The molecule has 0 radical (unpaired) electrons. The molecular formula is C13H23N3. The van der Waals surface area contributed by atoms with Gasteiger partial charge in [-0.1, -0.05) is 6.07 Å². The van der Waals surface area contributed by atoms with Crippen LogP contribution >= 0.6 is 0 Å². The predicted octanol–water partition coefficient (Wildman–Crippen LogP) is 1.95. The van der Waals surface area contributed by atoms with Crippen LogP contribution in [0.5, 0.6) is 0 Å². The summed E-state index contributed by atoms with van der Waals surface area (Å²) in [6.45, 7) is 6.08. The van der Waals surface area contributed by atoms with E-state index in [9.17, 15) is 0 Å². The molecular weight excluding hydrogens is 198 g/mol. The Bertz CT molecular complexity index is 310. The molecule has 0 spiro atoms. The highest BCUT2D eigenvalue weighted by Gasteiger charge is 2.02. The lowest BCUT2D eigenvalue weighted by atomic mass is 10.2. The Kier molecular flexibility index (Phi) is 5.43. The molecule has 1 unspecified atom stereocenters. The van der Waals surface area contributed by atoms with Gasteiger partial charge in [0.1, 0.15) is 0 Å². The van der Waals surface area contributed by atoms with Crippen LogP contribution in [0.4, 0.5) is 0 Å². The van der Waals surface area contributed by atoms with E-state index in [1.165, 1.54) is 0 Å². The van der Waals surface area contributed by atoms with Crippen LogP contribution in [0.1, 0.15) is 31.2 Å². The van der Waals surface area contributed by atoms with Gasteiger partial charge in [0.05, 0.1) is 5.69 Å². The van der Waals surface area contributed by atoms with Crippen LogP contribution in [0.15, 0.2) is 18.2 Å². The molecule has 1 aromatic heterocycles. The first-order valence-electron chi connectivity index (χ1n) is 5.94. The number of rotatable bonds is 6. The van der Waals surface area contributed by atoms with Crippen molar-refractivity contribution in [3.63, 3.8) is 0 Å². The van der Waals surface area contributed by atoms with Crippen molar-refractivity contribution in [2.45, 2.75) is 39.3 Å². The standard InChI is InChI=1S/C13H23N3/c1-11(14)6-5-9-16(3)10-13-8-4-7-12(2)15-13/h4,7-8,11H,5-6,9-10,14H2,1-3H3. The van der Waals surface area contributed by atoms with Crippen LogP contribution in [0.2, 0.25) is 0 Å². The number of hydrogen-bond acceptors (Lipinski definition) is 3. The fourth-order valence-electron chi connectivity index (χ4n) is 1.73. The highest BCUT2D eigenvalue weighted by molar-refractivity contribution is 5.09. The zero-order valence-electron chi connectivity index (χ0n) is 10.6. The fourth-order valence-corrected chi connectivity index (χ4v) is 1.73. The van der Waals surface area contributed by atoms with Gasteiger partial charge in [-0.05, 0) is 52.4 Å². The smallest absolute Gasteiger partial charge is 0.0547 e. The van der Waals surface area contributed by atoms with Gasteiger partial charge < -0.3 is 10.6 Å². The molecule has 0 saturated heterocycles. The second-order valence-corrected chi connectivity index (χ2v) is 4.63. The molecule has 0 amide bonds. The zero-order chi connectivity index (χ0) is 12.0. The molecule has 0 aliphatic rings. The highest BCUT2D eigenvalue weighted by atomic mass is 15.1. The van der Waals surface area contributed by atoms with E-state index in [0.29, 0.717) is 6.04 Å². The Balaban J connectivity index is 2.31. The summed E-state index contributed by atoms with van der Waals surface area (Å²) in [5.74, 6) is 0. The second kappa shape index (κ2) is 6.61. The van der Waals surface area contributed by atoms with Gasteiger partial charge >= 0.3 is 0 Å². The molecule has 16 heavy (non-hydrogen) atoms. The van der Waals surface area contributed by atoms with Crippen LogP contribution in [-0.2, 0) is 6.54 Å². The first-order chi connectivity index (χ1) is 7.58. The summed E-state index contributed by atoms with van der Waals surface area (Å²) in [6, 6.07) is 6.48. The van der Waals surface area contributed by atoms with Crippen molar-refractivity contribution in [1.29, 1.82) is 0 Å². The number of aromatic nitrogens is 1. The normalized spacial score (nSPS) is 13.1. The van der Waals surface area contributed by atoms with Gasteiger partial charge in [0.15, 0.2) is 0 Å². The summed E-state index contributed by atoms with van der Waals surface area (Å²) in [6.07, 6.45) is 2.24. The minimum absolute atomic E-state index is 0.311. The van der Waals surface area contributed by atoms with Gasteiger partial charge in [-0.25, -0.2) is 0 Å². The van der Waals surface area contributed by atoms with Crippen molar-refractivity contribution >= 4 is 0 Å². The molecule has 1 rings (SSSR count). The van der Waals surface area contributed by atoms with Gasteiger partial charge in [-0.3, -0.25) is 4.98 Å². The van der Waals surface area contributed by atoms with E-state index in [2.05, 4.69) is 36.0 Å². The van der Waals surface area contributed by atoms with E-state index in [1.807, 2.05) is 13.0 Å². The van der Waals surface area contributed by atoms with Crippen LogP contribution < -0.4 is 5.73 Å². The lowest BCUT2D eigenvalue weighted by molar-refractivity contribution is 0.311. The third-order valence-electron chi connectivity index (χ3n) is 2.58. The van der Waals surface area contributed by atoms with E-state index >= 15 is 0 Å². The maximum atomic E-state index is 5.72. The monoisotopic (exact) mass is 221 g/mol. The van der Waals surface area contributed by atoms with E-state index < -0.39 is 0 Å². The molecule has 0 bridgehead atoms. The van der Waals surface area contributed by atoms with E-state index in [1.54, 1.807) is 0 Å². The van der Waals surface area contributed by atoms with E-state index in [-0.39, 0.29) is 0 Å². The zero-order valence-corrected chi connectivity index (χ0v) is 10.6. The number of aryl methyl sites for hydroxylation is 1. The lowest BCUT2D eigenvalue weighted by Gasteiger charge is -2.16. The van der Waals surface area contributed by atoms with Crippen molar-refractivity contribution in [3.05, 3.63) is 29.6 Å². The van der Waals surface area contributed by atoms with Crippen molar-refractivity contribution in [1.82, 2.24) is 9.88 Å². The van der Waals surface area contributed by atoms with E-state index in [0.717, 1.165) is 37.3 Å². The van der Waals surface area contributed by atoms with Crippen LogP contribution in [0, 0.1) is 6.92 Å². The Hall–Kier alpha value is -0.930. The Labute approximate surface area is 98.7 Å². The molecule has 0 fully saturated rings. The van der Waals surface area contributed by atoms with Gasteiger partial charge in [0.25, 0.3) is 0 Å². The minimum atomic E-state index is 0.311. The van der Waals surface area contributed by atoms with Crippen molar-refractivity contribution in [3.8, 4) is 0 Å². The van der Waals surface area contributed by atoms with Crippen molar-refractivity contribution in [2.75, 3.05) is 13.6 Å². The van der Waals surface area contributed by atoms with E-state index in [4.69, 9.17) is 5.73 Å². The molecule has 3 heteroatoms. The molecule has 1 heterocycles. The van der Waals surface area contributed by atoms with Crippen molar-refractivity contribution < 1.29 is 0 Å². The summed E-state index contributed by atoms with van der Waals surface area (Å²) in [5.41, 5.74) is 7.95. The van der Waals surface area contributed by atoms with Gasteiger partial charge in [-0.2, -0.15) is 0 Å². The third-order valence-corrected chi connectivity index (χ3v) is 2.58. The fraction of sp³-hybridized carbons (Fsp3) is 0.615. The lowest BCUT2D eigenvalue weighted by Crippen LogP contribution is -2.22. The number of nitrogens with two attached hydrogens (primary N) is 1. The average Bonchev–Trinajstić information content (AvgIpc) is 2.16. The maximum Gasteiger partial charge on any atom is 0.0547 e.